The minimum Gasteiger partial charge on any atom is -0.280 e. The summed E-state index contributed by atoms with van der Waals surface area (Å²) in [5.74, 6) is 0.848. The van der Waals surface area contributed by atoms with Crippen molar-refractivity contribution in [2.24, 2.45) is 5.92 Å². The molecule has 0 spiro atoms. The van der Waals surface area contributed by atoms with Crippen LogP contribution in [-0.2, 0) is 24.1 Å². The van der Waals surface area contributed by atoms with Gasteiger partial charge in [-0.05, 0) is 67.0 Å². The molecule has 186 valence electrons. The van der Waals surface area contributed by atoms with Gasteiger partial charge < -0.3 is 0 Å². The summed E-state index contributed by atoms with van der Waals surface area (Å²) < 4.78 is 1.03. The molecule has 3 aromatic heterocycles. The maximum Gasteiger partial charge on any atom is 0.241 e. The topological polar surface area (TPSA) is 59.0 Å². The van der Waals surface area contributed by atoms with Crippen LogP contribution in [0, 0.1) is 5.92 Å². The van der Waals surface area contributed by atoms with Crippen molar-refractivity contribution in [1.82, 2.24) is 15.0 Å². The normalized spacial score (nSPS) is 12.9. The number of hydrogen-bond acceptors (Lipinski definition) is 6. The maximum atomic E-state index is 13.6. The number of hydrogen-bond donors (Lipinski definition) is 0. The zero-order chi connectivity index (χ0) is 25.4. The van der Waals surface area contributed by atoms with Gasteiger partial charge in [-0.15, -0.1) is 11.3 Å². The second-order valence-electron chi connectivity index (χ2n) is 9.79. The number of benzene rings is 2. The van der Waals surface area contributed by atoms with Gasteiger partial charge in [0.1, 0.15) is 16.2 Å². The minimum absolute atomic E-state index is 0.00788. The summed E-state index contributed by atoms with van der Waals surface area (Å²) in [5, 5.41) is 2.05. The Morgan fingerprint density at radius 2 is 1.65 bits per heavy atom. The Labute approximate surface area is 225 Å². The molecule has 1 aliphatic rings. The van der Waals surface area contributed by atoms with Crippen molar-refractivity contribution in [3.63, 3.8) is 0 Å². The Bertz CT molecular complexity index is 1540. The van der Waals surface area contributed by atoms with Gasteiger partial charge in [-0.3, -0.25) is 9.69 Å². The zero-order valence-corrected chi connectivity index (χ0v) is 22.6. The van der Waals surface area contributed by atoms with Crippen LogP contribution in [0.25, 0.3) is 20.4 Å². The van der Waals surface area contributed by atoms with Crippen LogP contribution in [0.3, 0.4) is 0 Å². The molecule has 0 aliphatic heterocycles. The molecule has 5 nitrogen and oxygen atoms in total. The van der Waals surface area contributed by atoms with Crippen molar-refractivity contribution in [3.05, 3.63) is 83.8 Å². The number of pyridine rings is 1. The number of carbonyl (C=O) groups excluding carboxylic acids is 1. The summed E-state index contributed by atoms with van der Waals surface area (Å²) in [6, 6.07) is 19.6. The van der Waals surface area contributed by atoms with Crippen LogP contribution >= 0.6 is 23.1 Å². The highest BCUT2D eigenvalue weighted by molar-refractivity contribution is 8.00. The number of carbonyl (C=O) groups is 1. The third-order valence-electron chi connectivity index (χ3n) is 6.74. The van der Waals surface area contributed by atoms with E-state index in [0.717, 1.165) is 50.7 Å². The second-order valence-corrected chi connectivity index (χ2v) is 11.8. The molecule has 37 heavy (non-hydrogen) atoms. The number of nitrogens with zero attached hydrogens (tertiary/aromatic N) is 4. The van der Waals surface area contributed by atoms with Gasteiger partial charge in [0, 0.05) is 22.5 Å². The lowest BCUT2D eigenvalue weighted by Crippen LogP contribution is -2.27. The molecule has 0 N–H and O–H groups in total. The van der Waals surface area contributed by atoms with Gasteiger partial charge in [-0.2, -0.15) is 0 Å². The zero-order valence-electron chi connectivity index (χ0n) is 21.0. The van der Waals surface area contributed by atoms with Gasteiger partial charge in [0.05, 0.1) is 16.0 Å². The van der Waals surface area contributed by atoms with E-state index in [9.17, 15) is 4.79 Å². The molecule has 0 bridgehead atoms. The fourth-order valence-corrected chi connectivity index (χ4v) is 7.30. The summed E-state index contributed by atoms with van der Waals surface area (Å²) in [6.45, 7) is 4.51. The Hall–Kier alpha value is -3.29. The molecular formula is C30H28N4OS2. The standard InChI is InChI=1S/C30H28N4OS2/c1-19(2)16-24-22-14-9-15-23(22)26-27-28(37-29(26)33-24)30(32-18-31-27)36-17-25(35)34(20-10-5-3-6-11-20)21-12-7-4-8-13-21/h3-8,10-13,18-19H,9,14-17H2,1-2H3. The highest BCUT2D eigenvalue weighted by Crippen LogP contribution is 2.42. The molecule has 7 heteroatoms. The lowest BCUT2D eigenvalue weighted by molar-refractivity contribution is -0.115. The fourth-order valence-electron chi connectivity index (χ4n) is 5.20. The lowest BCUT2D eigenvalue weighted by atomic mass is 9.99. The minimum atomic E-state index is 0.00788. The molecule has 3 heterocycles. The van der Waals surface area contributed by atoms with E-state index in [1.807, 2.05) is 60.7 Å². The molecule has 0 unspecified atom stereocenters. The molecule has 6 rings (SSSR count). The summed E-state index contributed by atoms with van der Waals surface area (Å²) in [6.07, 6.45) is 6.00. The van der Waals surface area contributed by atoms with Crippen LogP contribution in [0.15, 0.2) is 72.0 Å². The first kappa shape index (κ1) is 24.1. The Morgan fingerprint density at radius 3 is 2.32 bits per heavy atom. The highest BCUT2D eigenvalue weighted by atomic mass is 32.2. The number of thioether (sulfide) groups is 1. The SMILES string of the molecule is CC(C)Cc1nc2sc3c(SCC(=O)N(c4ccccc4)c4ccccc4)ncnc3c2c2c1CCC2. The predicted octanol–water partition coefficient (Wildman–Crippen LogP) is 7.38. The van der Waals surface area contributed by atoms with Crippen molar-refractivity contribution >= 4 is 60.8 Å². The first-order chi connectivity index (χ1) is 18.1. The summed E-state index contributed by atoms with van der Waals surface area (Å²) >= 11 is 3.15. The van der Waals surface area contributed by atoms with Crippen LogP contribution in [0.4, 0.5) is 11.4 Å². The quantitative estimate of drug-likeness (QED) is 0.164. The maximum absolute atomic E-state index is 13.6. The van der Waals surface area contributed by atoms with Crippen LogP contribution in [-0.4, -0.2) is 26.6 Å². The number of rotatable bonds is 7. The first-order valence-electron chi connectivity index (χ1n) is 12.7. The van der Waals surface area contributed by atoms with Crippen LogP contribution in [0.5, 0.6) is 0 Å². The molecule has 0 fully saturated rings. The van der Waals surface area contributed by atoms with Crippen LogP contribution in [0.2, 0.25) is 0 Å². The highest BCUT2D eigenvalue weighted by Gasteiger charge is 2.25. The number of thiophene rings is 1. The molecule has 0 radical (unpaired) electrons. The molecule has 0 atom stereocenters. The third kappa shape index (κ3) is 4.62. The largest absolute Gasteiger partial charge is 0.280 e. The molecular weight excluding hydrogens is 496 g/mol. The fraction of sp³-hybridized carbons (Fsp3) is 0.267. The summed E-state index contributed by atoms with van der Waals surface area (Å²) in [7, 11) is 0. The van der Waals surface area contributed by atoms with Crippen molar-refractivity contribution in [1.29, 1.82) is 0 Å². The summed E-state index contributed by atoms with van der Waals surface area (Å²) in [4.78, 5) is 30.9. The molecule has 2 aromatic carbocycles. The van der Waals surface area contributed by atoms with Gasteiger partial charge >= 0.3 is 0 Å². The van der Waals surface area contributed by atoms with E-state index in [4.69, 9.17) is 9.97 Å². The lowest BCUT2D eigenvalue weighted by Gasteiger charge is -2.22. The Balaban J connectivity index is 1.35. The average Bonchev–Trinajstić information content (AvgIpc) is 3.54. The molecule has 1 aliphatic carbocycles. The number of anilines is 2. The van der Waals surface area contributed by atoms with Gasteiger partial charge in [0.2, 0.25) is 5.91 Å². The van der Waals surface area contributed by atoms with E-state index in [1.165, 1.54) is 40.4 Å². The van der Waals surface area contributed by atoms with Gasteiger partial charge in [-0.1, -0.05) is 62.0 Å². The van der Waals surface area contributed by atoms with E-state index in [-0.39, 0.29) is 11.7 Å². The molecule has 0 saturated heterocycles. The van der Waals surface area contributed by atoms with E-state index in [1.54, 1.807) is 22.6 Å². The number of amides is 1. The Kier molecular flexibility index (Phi) is 6.65. The predicted molar refractivity (Wildman–Crippen MR) is 154 cm³/mol. The number of aromatic nitrogens is 3. The van der Waals surface area contributed by atoms with Gasteiger partial charge in [0.25, 0.3) is 0 Å². The second kappa shape index (κ2) is 10.2. The van der Waals surface area contributed by atoms with E-state index in [0.29, 0.717) is 5.92 Å². The monoisotopic (exact) mass is 524 g/mol. The van der Waals surface area contributed by atoms with Crippen molar-refractivity contribution in [2.45, 2.75) is 44.6 Å². The number of fused-ring (bicyclic) bond motifs is 5. The van der Waals surface area contributed by atoms with Gasteiger partial charge in [-0.25, -0.2) is 15.0 Å². The van der Waals surface area contributed by atoms with Crippen LogP contribution in [0.1, 0.15) is 37.1 Å². The van der Waals surface area contributed by atoms with E-state index in [2.05, 4.69) is 18.8 Å². The Morgan fingerprint density at radius 1 is 0.973 bits per heavy atom. The van der Waals surface area contributed by atoms with Crippen molar-refractivity contribution in [2.75, 3.05) is 10.7 Å². The van der Waals surface area contributed by atoms with Crippen molar-refractivity contribution < 1.29 is 4.79 Å². The van der Waals surface area contributed by atoms with Crippen LogP contribution < -0.4 is 4.90 Å². The number of para-hydroxylation sites is 2. The van der Waals surface area contributed by atoms with Gasteiger partial charge in [0.15, 0.2) is 0 Å². The van der Waals surface area contributed by atoms with Crippen molar-refractivity contribution in [3.8, 4) is 0 Å². The molecule has 1 amide bonds. The molecule has 5 aromatic rings. The van der Waals surface area contributed by atoms with E-state index >= 15 is 0 Å². The van der Waals surface area contributed by atoms with E-state index < -0.39 is 0 Å². The number of aryl methyl sites for hydroxylation is 1. The first-order valence-corrected chi connectivity index (χ1v) is 14.5. The average molecular weight is 525 g/mol. The summed E-state index contributed by atoms with van der Waals surface area (Å²) in [5.41, 5.74) is 6.80. The smallest absolute Gasteiger partial charge is 0.241 e. The molecule has 0 saturated carbocycles. The third-order valence-corrected chi connectivity index (χ3v) is 8.92.